The van der Waals surface area contributed by atoms with E-state index in [4.69, 9.17) is 4.74 Å². The number of rotatable bonds is 7. The lowest BCUT2D eigenvalue weighted by molar-refractivity contribution is -0.0412. The van der Waals surface area contributed by atoms with Crippen LogP contribution < -0.4 is 0 Å². The molecule has 0 saturated heterocycles. The molecule has 1 fully saturated rings. The summed E-state index contributed by atoms with van der Waals surface area (Å²) in [6, 6.07) is 0. The van der Waals surface area contributed by atoms with E-state index in [1.807, 2.05) is 0 Å². The zero-order valence-electron chi connectivity index (χ0n) is 10.8. The van der Waals surface area contributed by atoms with Crippen molar-refractivity contribution in [1.29, 1.82) is 0 Å². The highest BCUT2D eigenvalue weighted by Crippen LogP contribution is 2.20. The highest BCUT2D eigenvalue weighted by atomic mass is 16.5. The molecule has 1 N–H and O–H groups in total. The van der Waals surface area contributed by atoms with Gasteiger partial charge in [-0.3, -0.25) is 0 Å². The Kier molecular flexibility index (Phi) is 7.87. The van der Waals surface area contributed by atoms with Gasteiger partial charge in [-0.15, -0.1) is 0 Å². The van der Waals surface area contributed by atoms with Crippen LogP contribution in [-0.2, 0) is 4.74 Å². The fourth-order valence-corrected chi connectivity index (χ4v) is 2.39. The monoisotopic (exact) mass is 228 g/mol. The molecule has 0 aromatic rings. The predicted octanol–water partition coefficient (Wildman–Crippen LogP) is 3.67. The van der Waals surface area contributed by atoms with Gasteiger partial charge in [0.1, 0.15) is 0 Å². The minimum absolute atomic E-state index is 0.119. The summed E-state index contributed by atoms with van der Waals surface area (Å²) in [7, 11) is 0. The van der Waals surface area contributed by atoms with Gasteiger partial charge in [0.05, 0.1) is 12.2 Å². The molecule has 16 heavy (non-hydrogen) atoms. The first kappa shape index (κ1) is 14.0. The van der Waals surface area contributed by atoms with Crippen molar-refractivity contribution in [3.05, 3.63) is 0 Å². The highest BCUT2D eigenvalue weighted by molar-refractivity contribution is 4.73. The van der Waals surface area contributed by atoms with Gasteiger partial charge in [0, 0.05) is 6.61 Å². The summed E-state index contributed by atoms with van der Waals surface area (Å²) in [6.07, 6.45) is 11.9. The van der Waals surface area contributed by atoms with Crippen LogP contribution in [-0.4, -0.2) is 23.9 Å². The summed E-state index contributed by atoms with van der Waals surface area (Å²) in [5.41, 5.74) is 0. The Morgan fingerprint density at radius 2 is 1.75 bits per heavy atom. The third-order valence-electron chi connectivity index (χ3n) is 3.50. The molecule has 0 aromatic heterocycles. The number of aliphatic hydroxyl groups is 1. The third kappa shape index (κ3) is 5.86. The van der Waals surface area contributed by atoms with Crippen molar-refractivity contribution < 1.29 is 9.84 Å². The lowest BCUT2D eigenvalue weighted by Gasteiger charge is -2.20. The second-order valence-corrected chi connectivity index (χ2v) is 5.03. The van der Waals surface area contributed by atoms with E-state index in [0.717, 1.165) is 32.3 Å². The molecule has 1 saturated carbocycles. The van der Waals surface area contributed by atoms with Gasteiger partial charge >= 0.3 is 0 Å². The summed E-state index contributed by atoms with van der Waals surface area (Å²) in [6.45, 7) is 3.07. The van der Waals surface area contributed by atoms with Gasteiger partial charge in [-0.25, -0.2) is 0 Å². The van der Waals surface area contributed by atoms with Gasteiger partial charge in [-0.1, -0.05) is 51.9 Å². The smallest absolute Gasteiger partial charge is 0.0833 e. The molecule has 2 nitrogen and oxygen atoms in total. The molecule has 0 aromatic carbocycles. The van der Waals surface area contributed by atoms with E-state index in [2.05, 4.69) is 6.92 Å². The first-order valence-corrected chi connectivity index (χ1v) is 7.14. The van der Waals surface area contributed by atoms with Gasteiger partial charge in [0.25, 0.3) is 0 Å². The Morgan fingerprint density at radius 3 is 2.56 bits per heavy atom. The van der Waals surface area contributed by atoms with Crippen LogP contribution in [0, 0.1) is 0 Å². The molecular weight excluding hydrogens is 200 g/mol. The van der Waals surface area contributed by atoms with E-state index >= 15 is 0 Å². The maximum atomic E-state index is 9.86. The average molecular weight is 228 g/mol. The quantitative estimate of drug-likeness (QED) is 0.532. The van der Waals surface area contributed by atoms with Crippen LogP contribution in [0.3, 0.4) is 0 Å². The molecule has 0 radical (unpaired) electrons. The van der Waals surface area contributed by atoms with Crippen molar-refractivity contribution in [2.45, 2.75) is 83.3 Å². The molecule has 0 bridgehead atoms. The molecule has 1 rings (SSSR count). The van der Waals surface area contributed by atoms with Gasteiger partial charge in [-0.2, -0.15) is 0 Å². The van der Waals surface area contributed by atoms with Crippen molar-refractivity contribution in [3.8, 4) is 0 Å². The Bertz CT molecular complexity index is 159. The summed E-state index contributed by atoms with van der Waals surface area (Å²) >= 11 is 0. The fraction of sp³-hybridized carbons (Fsp3) is 1.00. The number of aliphatic hydroxyl groups excluding tert-OH is 1. The third-order valence-corrected chi connectivity index (χ3v) is 3.50. The first-order valence-electron chi connectivity index (χ1n) is 7.14. The molecule has 2 heteroatoms. The summed E-state index contributed by atoms with van der Waals surface area (Å²) in [4.78, 5) is 0. The van der Waals surface area contributed by atoms with Crippen molar-refractivity contribution in [2.75, 3.05) is 6.61 Å². The highest BCUT2D eigenvalue weighted by Gasteiger charge is 2.21. The Balaban J connectivity index is 2.01. The lowest BCUT2D eigenvalue weighted by Crippen LogP contribution is -2.28. The fourth-order valence-electron chi connectivity index (χ4n) is 2.39. The normalized spacial score (nSPS) is 26.6. The van der Waals surface area contributed by atoms with E-state index in [1.54, 1.807) is 0 Å². The van der Waals surface area contributed by atoms with Crippen LogP contribution in [0.2, 0.25) is 0 Å². The molecule has 96 valence electrons. The van der Waals surface area contributed by atoms with Crippen molar-refractivity contribution in [1.82, 2.24) is 0 Å². The number of hydrogen-bond donors (Lipinski definition) is 1. The lowest BCUT2D eigenvalue weighted by atomic mass is 10.1. The second-order valence-electron chi connectivity index (χ2n) is 5.03. The first-order chi connectivity index (χ1) is 7.84. The van der Waals surface area contributed by atoms with Crippen LogP contribution in [0.1, 0.15) is 71.1 Å². The zero-order chi connectivity index (χ0) is 11.6. The summed E-state index contributed by atoms with van der Waals surface area (Å²) < 4.78 is 5.81. The van der Waals surface area contributed by atoms with E-state index < -0.39 is 0 Å². The van der Waals surface area contributed by atoms with Crippen LogP contribution in [0.15, 0.2) is 0 Å². The molecule has 2 unspecified atom stereocenters. The van der Waals surface area contributed by atoms with E-state index in [9.17, 15) is 5.11 Å². The Morgan fingerprint density at radius 1 is 1.00 bits per heavy atom. The topological polar surface area (TPSA) is 29.5 Å². The number of unbranched alkanes of at least 4 members (excludes halogenated alkanes) is 4. The zero-order valence-corrected chi connectivity index (χ0v) is 10.8. The Hall–Kier alpha value is -0.0800. The van der Waals surface area contributed by atoms with E-state index in [-0.39, 0.29) is 12.2 Å². The molecule has 1 aliphatic rings. The van der Waals surface area contributed by atoms with E-state index in [0.29, 0.717) is 0 Å². The maximum absolute atomic E-state index is 9.86. The molecule has 0 spiro atoms. The van der Waals surface area contributed by atoms with Gasteiger partial charge in [0.2, 0.25) is 0 Å². The van der Waals surface area contributed by atoms with Crippen LogP contribution in [0.5, 0.6) is 0 Å². The van der Waals surface area contributed by atoms with Crippen molar-refractivity contribution in [2.24, 2.45) is 0 Å². The average Bonchev–Trinajstić information content (AvgIpc) is 2.49. The number of hydrogen-bond acceptors (Lipinski definition) is 2. The second kappa shape index (κ2) is 9.00. The summed E-state index contributed by atoms with van der Waals surface area (Å²) in [5, 5.41) is 9.86. The van der Waals surface area contributed by atoms with Gasteiger partial charge < -0.3 is 9.84 Å². The van der Waals surface area contributed by atoms with Crippen LogP contribution >= 0.6 is 0 Å². The Labute approximate surface area is 100 Å². The van der Waals surface area contributed by atoms with Crippen molar-refractivity contribution >= 4 is 0 Å². The molecular formula is C14H28O2. The SMILES string of the molecule is CCCCCCCOC1CCCCCC1O. The largest absolute Gasteiger partial charge is 0.390 e. The van der Waals surface area contributed by atoms with Crippen molar-refractivity contribution in [3.63, 3.8) is 0 Å². The molecule has 2 atom stereocenters. The number of ether oxygens (including phenoxy) is 1. The van der Waals surface area contributed by atoms with Crippen LogP contribution in [0.4, 0.5) is 0 Å². The molecule has 0 heterocycles. The van der Waals surface area contributed by atoms with E-state index in [1.165, 1.54) is 38.5 Å². The standard InChI is InChI=1S/C14H28O2/c1-2-3-4-5-9-12-16-14-11-8-6-7-10-13(14)15/h13-15H,2-12H2,1H3. The van der Waals surface area contributed by atoms with Gasteiger partial charge in [0.15, 0.2) is 0 Å². The molecule has 1 aliphatic carbocycles. The van der Waals surface area contributed by atoms with Crippen LogP contribution in [0.25, 0.3) is 0 Å². The predicted molar refractivity (Wildman–Crippen MR) is 67.6 cm³/mol. The maximum Gasteiger partial charge on any atom is 0.0833 e. The van der Waals surface area contributed by atoms with Gasteiger partial charge in [-0.05, 0) is 19.3 Å². The minimum atomic E-state index is -0.210. The summed E-state index contributed by atoms with van der Waals surface area (Å²) in [5.74, 6) is 0. The molecule has 0 aliphatic heterocycles. The molecule has 0 amide bonds. The minimum Gasteiger partial charge on any atom is -0.390 e.